The summed E-state index contributed by atoms with van der Waals surface area (Å²) in [7, 11) is 0. The topological polar surface area (TPSA) is 128 Å². The Morgan fingerprint density at radius 1 is 1.12 bits per heavy atom. The number of phenols is 1. The molecule has 2 aliphatic heterocycles. The van der Waals surface area contributed by atoms with Crippen molar-refractivity contribution in [1.82, 2.24) is 16.0 Å². The van der Waals surface area contributed by atoms with Crippen molar-refractivity contribution in [2.24, 2.45) is 0 Å². The molecule has 3 rings (SSSR count). The summed E-state index contributed by atoms with van der Waals surface area (Å²) in [5.74, 6) is -1.69. The number of amides is 2. The summed E-state index contributed by atoms with van der Waals surface area (Å²) in [5, 5.41) is 26.4. The van der Waals surface area contributed by atoms with E-state index >= 15 is 0 Å². The lowest BCUT2D eigenvalue weighted by atomic mass is 10.0. The molecule has 1 aromatic rings. The number of rotatable bonds is 3. The van der Waals surface area contributed by atoms with Gasteiger partial charge in [0.25, 0.3) is 0 Å². The van der Waals surface area contributed by atoms with E-state index in [1.165, 1.54) is 23.9 Å². The highest BCUT2D eigenvalue weighted by atomic mass is 32.2. The Morgan fingerprint density at radius 3 is 2.32 bits per heavy atom. The third-order valence-corrected chi connectivity index (χ3v) is 5.87. The number of aromatic hydroxyl groups is 1. The van der Waals surface area contributed by atoms with Crippen molar-refractivity contribution in [1.29, 1.82) is 0 Å². The van der Waals surface area contributed by atoms with Crippen LogP contribution in [-0.2, 0) is 14.4 Å². The van der Waals surface area contributed by atoms with E-state index in [9.17, 15) is 24.6 Å². The van der Waals surface area contributed by atoms with Gasteiger partial charge in [0.1, 0.15) is 23.9 Å². The second-order valence-electron chi connectivity index (χ2n) is 6.60. The molecule has 2 heterocycles. The van der Waals surface area contributed by atoms with E-state index in [0.717, 1.165) is 0 Å². The van der Waals surface area contributed by atoms with Crippen molar-refractivity contribution in [3.8, 4) is 5.75 Å². The number of hydrogen-bond donors (Lipinski definition) is 5. The van der Waals surface area contributed by atoms with Gasteiger partial charge in [-0.2, -0.15) is 0 Å². The highest BCUT2D eigenvalue weighted by Crippen LogP contribution is 2.39. The zero-order chi connectivity index (χ0) is 18.4. The first-order chi connectivity index (χ1) is 11.7. The summed E-state index contributed by atoms with van der Waals surface area (Å²) in [6.45, 7) is 3.57. The van der Waals surface area contributed by atoms with Crippen LogP contribution in [0.5, 0.6) is 5.75 Å². The van der Waals surface area contributed by atoms with Crippen molar-refractivity contribution in [3.63, 3.8) is 0 Å². The normalized spacial score (nSPS) is 31.3. The van der Waals surface area contributed by atoms with Gasteiger partial charge in [0.05, 0.1) is 5.37 Å². The van der Waals surface area contributed by atoms with Gasteiger partial charge in [0, 0.05) is 4.75 Å². The summed E-state index contributed by atoms with van der Waals surface area (Å²) in [6.07, 6.45) is 0. The molecule has 0 spiro atoms. The van der Waals surface area contributed by atoms with Gasteiger partial charge in [-0.1, -0.05) is 12.1 Å². The number of carboxylic acids is 1. The molecule has 25 heavy (non-hydrogen) atoms. The zero-order valence-corrected chi connectivity index (χ0v) is 14.5. The highest BCUT2D eigenvalue weighted by Gasteiger charge is 2.50. The molecule has 9 heteroatoms. The lowest BCUT2D eigenvalue weighted by Gasteiger charge is -2.32. The summed E-state index contributed by atoms with van der Waals surface area (Å²) < 4.78 is -0.616. The molecule has 2 amide bonds. The minimum Gasteiger partial charge on any atom is -0.508 e. The Morgan fingerprint density at radius 2 is 1.76 bits per heavy atom. The number of carboxylic acid groups (broad SMARTS) is 1. The van der Waals surface area contributed by atoms with Crippen LogP contribution in [0.4, 0.5) is 0 Å². The third-order valence-electron chi connectivity index (χ3n) is 4.36. The first-order valence-electron chi connectivity index (χ1n) is 7.75. The molecule has 2 aliphatic rings. The second-order valence-corrected chi connectivity index (χ2v) is 8.39. The zero-order valence-electron chi connectivity index (χ0n) is 13.6. The number of hydrogen-bond acceptors (Lipinski definition) is 6. The van der Waals surface area contributed by atoms with E-state index in [-0.39, 0.29) is 17.6 Å². The van der Waals surface area contributed by atoms with Crippen LogP contribution in [0.1, 0.15) is 25.5 Å². The molecule has 2 fully saturated rings. The van der Waals surface area contributed by atoms with Gasteiger partial charge in [0.2, 0.25) is 11.8 Å². The smallest absolute Gasteiger partial charge is 0.322 e. The van der Waals surface area contributed by atoms with Crippen molar-refractivity contribution >= 4 is 29.5 Å². The summed E-state index contributed by atoms with van der Waals surface area (Å²) in [4.78, 5) is 36.3. The Kier molecular flexibility index (Phi) is 4.38. The molecule has 1 aromatic carbocycles. The molecule has 5 N–H and O–H groups in total. The number of aliphatic carboxylic acids is 1. The number of piperazine rings is 1. The maximum absolute atomic E-state index is 12.5. The fraction of sp³-hybridized carbons (Fsp3) is 0.438. The number of carbonyl (C=O) groups is 3. The van der Waals surface area contributed by atoms with Crippen LogP contribution < -0.4 is 16.0 Å². The monoisotopic (exact) mass is 365 g/mol. The molecule has 0 aromatic heterocycles. The maximum atomic E-state index is 12.5. The minimum absolute atomic E-state index is 0.0673. The molecule has 4 atom stereocenters. The lowest BCUT2D eigenvalue weighted by Crippen LogP contribution is -2.63. The van der Waals surface area contributed by atoms with E-state index in [4.69, 9.17) is 0 Å². The quantitative estimate of drug-likeness (QED) is 0.508. The van der Waals surface area contributed by atoms with Gasteiger partial charge in [-0.25, -0.2) is 0 Å². The van der Waals surface area contributed by atoms with E-state index < -0.39 is 34.2 Å². The Labute approximate surface area is 148 Å². The molecule has 0 saturated carbocycles. The molecular weight excluding hydrogens is 346 g/mol. The average Bonchev–Trinajstić information content (AvgIpc) is 2.85. The Bertz CT molecular complexity index is 721. The predicted octanol–water partition coefficient (Wildman–Crippen LogP) is -0.0578. The van der Waals surface area contributed by atoms with Crippen molar-refractivity contribution in [2.45, 2.75) is 42.1 Å². The first-order valence-corrected chi connectivity index (χ1v) is 8.63. The third kappa shape index (κ3) is 3.29. The van der Waals surface area contributed by atoms with Gasteiger partial charge in [0.15, 0.2) is 0 Å². The lowest BCUT2D eigenvalue weighted by molar-refractivity contribution is -0.140. The first kappa shape index (κ1) is 17.6. The van der Waals surface area contributed by atoms with Crippen LogP contribution in [-0.4, -0.2) is 50.2 Å². The van der Waals surface area contributed by atoms with Gasteiger partial charge < -0.3 is 20.8 Å². The van der Waals surface area contributed by atoms with Crippen LogP contribution in [0, 0.1) is 0 Å². The highest BCUT2D eigenvalue weighted by molar-refractivity contribution is 8.01. The standard InChI is InChI=1S/C16H19N3O5S/c1-16(2)11(15(23)24)19-14(25-16)10-13(22)17-9(12(21)18-10)7-3-5-8(20)6-4-7/h3-6,9-11,14,19-20H,1-2H3,(H,17,22)(H,18,21)(H,23,24). The minimum atomic E-state index is -0.996. The SMILES string of the molecule is CC1(C)SC(C2NC(=O)C(c3ccc(O)cc3)NC2=O)NC1C(=O)O. The van der Waals surface area contributed by atoms with Crippen molar-refractivity contribution in [2.75, 3.05) is 0 Å². The van der Waals surface area contributed by atoms with Crippen LogP contribution >= 0.6 is 11.8 Å². The van der Waals surface area contributed by atoms with Crippen molar-refractivity contribution < 1.29 is 24.6 Å². The van der Waals surface area contributed by atoms with Gasteiger partial charge in [-0.3, -0.25) is 19.7 Å². The number of nitrogens with one attached hydrogen (secondary N) is 3. The van der Waals surface area contributed by atoms with Gasteiger partial charge in [-0.05, 0) is 31.5 Å². The number of benzene rings is 1. The Hall–Kier alpha value is -2.26. The summed E-state index contributed by atoms with van der Waals surface area (Å²) >= 11 is 1.32. The summed E-state index contributed by atoms with van der Waals surface area (Å²) in [6, 6.07) is 3.47. The van der Waals surface area contributed by atoms with Crippen LogP contribution in [0.3, 0.4) is 0 Å². The van der Waals surface area contributed by atoms with Gasteiger partial charge in [-0.15, -0.1) is 11.8 Å². The van der Waals surface area contributed by atoms with E-state index in [2.05, 4.69) is 16.0 Å². The number of thioether (sulfide) groups is 1. The van der Waals surface area contributed by atoms with Gasteiger partial charge >= 0.3 is 5.97 Å². The average molecular weight is 365 g/mol. The maximum Gasteiger partial charge on any atom is 0.322 e. The molecule has 134 valence electrons. The molecule has 0 radical (unpaired) electrons. The van der Waals surface area contributed by atoms with E-state index in [1.54, 1.807) is 26.0 Å². The fourth-order valence-corrected chi connectivity index (χ4v) is 4.53. The van der Waals surface area contributed by atoms with Crippen LogP contribution in [0.2, 0.25) is 0 Å². The molecule has 2 saturated heterocycles. The predicted molar refractivity (Wildman–Crippen MR) is 90.9 cm³/mol. The molecule has 0 bridgehead atoms. The molecule has 0 aliphatic carbocycles. The number of phenolic OH excluding ortho intramolecular Hbond substituents is 1. The summed E-state index contributed by atoms with van der Waals surface area (Å²) in [5.41, 5.74) is 0.554. The number of carbonyl (C=O) groups excluding carboxylic acids is 2. The van der Waals surface area contributed by atoms with Crippen LogP contribution in [0.25, 0.3) is 0 Å². The fourth-order valence-electron chi connectivity index (χ4n) is 3.04. The molecule has 4 unspecified atom stereocenters. The largest absolute Gasteiger partial charge is 0.508 e. The second kappa shape index (κ2) is 6.23. The van der Waals surface area contributed by atoms with E-state index in [0.29, 0.717) is 5.56 Å². The molecular formula is C16H19N3O5S. The van der Waals surface area contributed by atoms with Crippen LogP contribution in [0.15, 0.2) is 24.3 Å². The molecule has 8 nitrogen and oxygen atoms in total. The Balaban J connectivity index is 1.75. The van der Waals surface area contributed by atoms with Crippen molar-refractivity contribution in [3.05, 3.63) is 29.8 Å². The van der Waals surface area contributed by atoms with E-state index in [1.807, 2.05) is 0 Å².